The zero-order chi connectivity index (χ0) is 45.4. The van der Waals surface area contributed by atoms with Gasteiger partial charge in [-0.05, 0) is 78.4 Å². The van der Waals surface area contributed by atoms with E-state index in [1.807, 2.05) is 36.4 Å². The fourth-order valence-corrected chi connectivity index (χ4v) is 10.6. The van der Waals surface area contributed by atoms with Crippen molar-refractivity contribution in [3.63, 3.8) is 0 Å². The number of rotatable bonds is 7. The minimum absolute atomic E-state index is 0.609. The van der Waals surface area contributed by atoms with Gasteiger partial charge in [0.1, 0.15) is 0 Å². The van der Waals surface area contributed by atoms with Crippen LogP contribution < -0.4 is 0 Å². The summed E-state index contributed by atoms with van der Waals surface area (Å²) in [6.07, 6.45) is 0. The molecule has 0 amide bonds. The van der Waals surface area contributed by atoms with Crippen molar-refractivity contribution in [1.82, 2.24) is 28.7 Å². The molecule has 0 atom stereocenters. The standard InChI is InChI=1S/C63H40N6/c1-5-19-41(20-6-1)51-39-44(63-65-61(42-21-7-2-8-22-42)64-62(66-63)43-23-9-3-10-24-43)33-36-56(51)69-57-37-34-46(68-53-30-16-13-27-47(53)48-28-14-17-31-54(48)68)40-52(57)49-35-38-58-59(60(49)69)50-29-15-18-32-55(50)67(58)45-25-11-4-12-26-45/h1-40H. The molecule has 0 saturated carbocycles. The van der Waals surface area contributed by atoms with E-state index in [1.165, 1.54) is 43.4 Å². The van der Waals surface area contributed by atoms with Crippen molar-refractivity contribution in [2.45, 2.75) is 0 Å². The molecule has 0 bridgehead atoms. The molecule has 4 aromatic heterocycles. The molecule has 0 aliphatic rings. The number of hydrogen-bond donors (Lipinski definition) is 0. The topological polar surface area (TPSA) is 53.5 Å². The van der Waals surface area contributed by atoms with E-state index in [2.05, 4.69) is 220 Å². The minimum Gasteiger partial charge on any atom is -0.309 e. The highest BCUT2D eigenvalue weighted by molar-refractivity contribution is 6.26. The van der Waals surface area contributed by atoms with E-state index in [0.717, 1.165) is 66.9 Å². The minimum atomic E-state index is 0.609. The van der Waals surface area contributed by atoms with Gasteiger partial charge in [-0.25, -0.2) is 15.0 Å². The smallest absolute Gasteiger partial charge is 0.164 e. The lowest BCUT2D eigenvalue weighted by molar-refractivity contribution is 1.07. The molecule has 14 rings (SSSR count). The summed E-state index contributed by atoms with van der Waals surface area (Å²) in [5, 5.41) is 7.22. The first-order valence-corrected chi connectivity index (χ1v) is 23.4. The summed E-state index contributed by atoms with van der Waals surface area (Å²) in [4.78, 5) is 15.4. The molecule has 0 saturated heterocycles. The number of aromatic nitrogens is 6. The Labute approximate surface area is 397 Å². The van der Waals surface area contributed by atoms with Crippen molar-refractivity contribution in [3.05, 3.63) is 243 Å². The number of para-hydroxylation sites is 4. The van der Waals surface area contributed by atoms with Gasteiger partial charge in [-0.15, -0.1) is 0 Å². The van der Waals surface area contributed by atoms with E-state index in [4.69, 9.17) is 15.0 Å². The lowest BCUT2D eigenvalue weighted by Crippen LogP contribution is -2.02. The second-order valence-electron chi connectivity index (χ2n) is 17.6. The molecule has 14 aromatic rings. The third kappa shape index (κ3) is 6.16. The average Bonchev–Trinajstić information content (AvgIpc) is 4.07. The second-order valence-corrected chi connectivity index (χ2v) is 17.6. The fraction of sp³-hybridized carbons (Fsp3) is 0. The van der Waals surface area contributed by atoms with Crippen LogP contribution in [0.1, 0.15) is 0 Å². The van der Waals surface area contributed by atoms with Gasteiger partial charge in [-0.2, -0.15) is 0 Å². The van der Waals surface area contributed by atoms with Crippen molar-refractivity contribution >= 4 is 65.4 Å². The highest BCUT2D eigenvalue weighted by Gasteiger charge is 2.24. The zero-order valence-corrected chi connectivity index (χ0v) is 37.3. The van der Waals surface area contributed by atoms with E-state index in [-0.39, 0.29) is 0 Å². The molecule has 4 heterocycles. The molecule has 6 nitrogen and oxygen atoms in total. The van der Waals surface area contributed by atoms with Crippen LogP contribution in [0.5, 0.6) is 0 Å². The Hall–Kier alpha value is -9.39. The first-order chi connectivity index (χ1) is 34.2. The largest absolute Gasteiger partial charge is 0.309 e. The Morgan fingerprint density at radius 1 is 0.261 bits per heavy atom. The zero-order valence-electron chi connectivity index (χ0n) is 37.3. The van der Waals surface area contributed by atoms with Crippen LogP contribution in [0.2, 0.25) is 0 Å². The van der Waals surface area contributed by atoms with Crippen LogP contribution in [0.3, 0.4) is 0 Å². The summed E-state index contributed by atoms with van der Waals surface area (Å²) < 4.78 is 7.33. The van der Waals surface area contributed by atoms with E-state index < -0.39 is 0 Å². The molecule has 6 heteroatoms. The molecule has 0 fully saturated rings. The summed E-state index contributed by atoms with van der Waals surface area (Å²) in [5.41, 5.74) is 15.1. The van der Waals surface area contributed by atoms with Gasteiger partial charge >= 0.3 is 0 Å². The number of fused-ring (bicyclic) bond motifs is 10. The lowest BCUT2D eigenvalue weighted by Gasteiger charge is -2.17. The van der Waals surface area contributed by atoms with Crippen LogP contribution in [0, 0.1) is 0 Å². The molecule has 0 radical (unpaired) electrons. The molecule has 0 unspecified atom stereocenters. The predicted octanol–water partition coefficient (Wildman–Crippen LogP) is 15.8. The van der Waals surface area contributed by atoms with Crippen molar-refractivity contribution < 1.29 is 0 Å². The van der Waals surface area contributed by atoms with Crippen molar-refractivity contribution in [3.8, 4) is 62.4 Å². The van der Waals surface area contributed by atoms with Gasteiger partial charge < -0.3 is 13.7 Å². The molecule has 0 spiro atoms. The van der Waals surface area contributed by atoms with Gasteiger partial charge in [0.15, 0.2) is 17.5 Å². The van der Waals surface area contributed by atoms with Crippen LogP contribution in [-0.4, -0.2) is 28.7 Å². The van der Waals surface area contributed by atoms with Crippen molar-refractivity contribution in [2.75, 3.05) is 0 Å². The van der Waals surface area contributed by atoms with E-state index in [1.54, 1.807) is 0 Å². The SMILES string of the molecule is c1ccc(-c2nc(-c3ccccc3)nc(-c3ccc(-n4c5ccc(-n6c7ccccc7c7ccccc76)cc5c5ccc6c(c7ccccc7n6-c6ccccc6)c54)c(-c4ccccc4)c3)n2)cc1. The average molecular weight is 881 g/mol. The maximum atomic E-state index is 5.18. The first kappa shape index (κ1) is 38.8. The quantitative estimate of drug-likeness (QED) is 0.160. The van der Waals surface area contributed by atoms with Gasteiger partial charge in [0.2, 0.25) is 0 Å². The monoisotopic (exact) mass is 880 g/mol. The van der Waals surface area contributed by atoms with E-state index in [9.17, 15) is 0 Å². The third-order valence-corrected chi connectivity index (χ3v) is 13.7. The molecule has 69 heavy (non-hydrogen) atoms. The number of hydrogen-bond acceptors (Lipinski definition) is 3. The maximum Gasteiger partial charge on any atom is 0.164 e. The van der Waals surface area contributed by atoms with E-state index >= 15 is 0 Å². The lowest BCUT2D eigenvalue weighted by atomic mass is 9.99. The van der Waals surface area contributed by atoms with Crippen molar-refractivity contribution in [2.24, 2.45) is 0 Å². The molecule has 322 valence electrons. The fourth-order valence-electron chi connectivity index (χ4n) is 10.6. The Kier molecular flexibility index (Phi) is 8.79. The van der Waals surface area contributed by atoms with Crippen molar-refractivity contribution in [1.29, 1.82) is 0 Å². The summed E-state index contributed by atoms with van der Waals surface area (Å²) >= 11 is 0. The van der Waals surface area contributed by atoms with Gasteiger partial charge in [-0.1, -0.05) is 170 Å². The number of nitrogens with zero attached hydrogens (tertiary/aromatic N) is 6. The predicted molar refractivity (Wildman–Crippen MR) is 285 cm³/mol. The van der Waals surface area contributed by atoms with E-state index in [0.29, 0.717) is 17.5 Å². The summed E-state index contributed by atoms with van der Waals surface area (Å²) in [6.45, 7) is 0. The highest BCUT2D eigenvalue weighted by atomic mass is 15.0. The summed E-state index contributed by atoms with van der Waals surface area (Å²) in [7, 11) is 0. The Morgan fingerprint density at radius 3 is 1.33 bits per heavy atom. The summed E-state index contributed by atoms with van der Waals surface area (Å²) in [5.74, 6) is 1.87. The van der Waals surface area contributed by atoms with Crippen LogP contribution in [0.25, 0.3) is 128 Å². The Morgan fingerprint density at radius 2 is 0.725 bits per heavy atom. The summed E-state index contributed by atoms with van der Waals surface area (Å²) in [6, 6.07) is 86.4. The Balaban J connectivity index is 1.09. The highest BCUT2D eigenvalue weighted by Crippen LogP contribution is 2.45. The molecule has 0 aliphatic carbocycles. The maximum absolute atomic E-state index is 5.18. The van der Waals surface area contributed by atoms with Gasteiger partial charge in [0.25, 0.3) is 0 Å². The first-order valence-electron chi connectivity index (χ1n) is 23.4. The number of benzene rings is 10. The normalized spacial score (nSPS) is 11.8. The molecule has 0 N–H and O–H groups in total. The molecule has 0 aliphatic heterocycles. The third-order valence-electron chi connectivity index (χ3n) is 13.7. The van der Waals surface area contributed by atoms with Crippen LogP contribution in [0.15, 0.2) is 243 Å². The molecule has 10 aromatic carbocycles. The van der Waals surface area contributed by atoms with Crippen LogP contribution in [-0.2, 0) is 0 Å². The van der Waals surface area contributed by atoms with Gasteiger partial charge in [0.05, 0.1) is 38.8 Å². The molecular weight excluding hydrogens is 841 g/mol. The Bertz CT molecular complexity index is 4170. The second kappa shape index (κ2) is 15.6. The van der Waals surface area contributed by atoms with Crippen LogP contribution >= 0.6 is 0 Å². The van der Waals surface area contributed by atoms with Gasteiger partial charge in [-0.3, -0.25) is 0 Å². The molecular formula is C63H40N6. The van der Waals surface area contributed by atoms with Gasteiger partial charge in [0, 0.05) is 65.9 Å². The van der Waals surface area contributed by atoms with Crippen LogP contribution in [0.4, 0.5) is 0 Å².